The van der Waals surface area contributed by atoms with Crippen molar-refractivity contribution in [3.63, 3.8) is 0 Å². The van der Waals surface area contributed by atoms with Crippen molar-refractivity contribution in [2.45, 2.75) is 18.9 Å². The lowest BCUT2D eigenvalue weighted by Gasteiger charge is -2.34. The van der Waals surface area contributed by atoms with E-state index in [4.69, 9.17) is 12.2 Å². The number of nitrogens with zero attached hydrogens (tertiary/aromatic N) is 1. The maximum absolute atomic E-state index is 11.0. The Morgan fingerprint density at radius 3 is 2.60 bits per heavy atom. The molecule has 0 bridgehead atoms. The van der Waals surface area contributed by atoms with Crippen molar-refractivity contribution in [3.05, 3.63) is 11.8 Å². The van der Waals surface area contributed by atoms with Crippen LogP contribution in [0.25, 0.3) is 0 Å². The van der Waals surface area contributed by atoms with E-state index >= 15 is 0 Å². The standard InChI is InChI=1S/C10H16N2O2S/c1-12(2,3)8(10(13)14)4-7-5-9(15)11-6-7/h6,8H,4-5H2,1-3H3,(H-,11,13,14,15)/t8-/m1/s1. The van der Waals surface area contributed by atoms with E-state index in [1.54, 1.807) is 6.20 Å². The number of carbonyl (C=O) groups is 1. The van der Waals surface area contributed by atoms with Crippen molar-refractivity contribution < 1.29 is 14.4 Å². The molecule has 1 aliphatic rings. The van der Waals surface area contributed by atoms with Gasteiger partial charge in [0.15, 0.2) is 0 Å². The second kappa shape index (κ2) is 4.28. The fraction of sp³-hybridized carbons (Fsp3) is 0.600. The first kappa shape index (κ1) is 12.1. The van der Waals surface area contributed by atoms with Gasteiger partial charge >= 0.3 is 0 Å². The third kappa shape index (κ3) is 3.28. The molecule has 84 valence electrons. The van der Waals surface area contributed by atoms with Gasteiger partial charge in [0, 0.05) is 19.0 Å². The number of aliphatic carboxylic acids is 1. The smallest absolute Gasteiger partial charge is 0.132 e. The van der Waals surface area contributed by atoms with E-state index < -0.39 is 12.0 Å². The summed E-state index contributed by atoms with van der Waals surface area (Å²) < 4.78 is 0.354. The van der Waals surface area contributed by atoms with Gasteiger partial charge in [-0.05, 0) is 5.57 Å². The minimum absolute atomic E-state index is 0.354. The first-order valence-corrected chi connectivity index (χ1v) is 5.21. The zero-order valence-electron chi connectivity index (χ0n) is 9.24. The molecular formula is C10H16N2O2S. The van der Waals surface area contributed by atoms with Crippen LogP contribution >= 0.6 is 12.2 Å². The van der Waals surface area contributed by atoms with Crippen LogP contribution in [0.5, 0.6) is 0 Å². The van der Waals surface area contributed by atoms with Gasteiger partial charge in [-0.15, -0.1) is 0 Å². The molecule has 0 aromatic carbocycles. The molecular weight excluding hydrogens is 212 g/mol. The molecule has 0 aliphatic carbocycles. The lowest BCUT2D eigenvalue weighted by molar-refractivity contribution is -0.889. The van der Waals surface area contributed by atoms with Crippen LogP contribution in [0, 0.1) is 0 Å². The summed E-state index contributed by atoms with van der Waals surface area (Å²) in [5, 5.41) is 13.9. The first-order chi connectivity index (χ1) is 6.80. The van der Waals surface area contributed by atoms with E-state index in [9.17, 15) is 9.90 Å². The molecule has 5 heteroatoms. The Kier molecular flexibility index (Phi) is 3.46. The normalized spacial score (nSPS) is 18.3. The Hall–Kier alpha value is -0.940. The molecule has 1 rings (SSSR count). The summed E-state index contributed by atoms with van der Waals surface area (Å²) in [6.07, 6.45) is 2.95. The van der Waals surface area contributed by atoms with Crippen molar-refractivity contribution in [1.82, 2.24) is 5.32 Å². The van der Waals surface area contributed by atoms with Crippen molar-refractivity contribution in [1.29, 1.82) is 0 Å². The van der Waals surface area contributed by atoms with E-state index in [-0.39, 0.29) is 0 Å². The van der Waals surface area contributed by atoms with Gasteiger partial charge in [0.2, 0.25) is 0 Å². The Morgan fingerprint density at radius 2 is 2.27 bits per heavy atom. The van der Waals surface area contributed by atoms with Gasteiger partial charge in [-0.2, -0.15) is 0 Å². The second-order valence-electron chi connectivity index (χ2n) is 4.70. The number of thiocarbonyl (C=S) groups is 1. The van der Waals surface area contributed by atoms with Crippen LogP contribution < -0.4 is 10.4 Å². The number of rotatable bonds is 4. The van der Waals surface area contributed by atoms with E-state index in [0.717, 1.165) is 10.6 Å². The third-order valence-corrected chi connectivity index (χ3v) is 2.75. The summed E-state index contributed by atoms with van der Waals surface area (Å²) in [5.41, 5.74) is 1.03. The zero-order chi connectivity index (χ0) is 11.6. The first-order valence-electron chi connectivity index (χ1n) is 4.80. The summed E-state index contributed by atoms with van der Waals surface area (Å²) in [7, 11) is 5.55. The fourth-order valence-electron chi connectivity index (χ4n) is 1.54. The van der Waals surface area contributed by atoms with Crippen molar-refractivity contribution >= 4 is 23.2 Å². The molecule has 0 spiro atoms. The summed E-state index contributed by atoms with van der Waals surface area (Å²) >= 11 is 4.98. The van der Waals surface area contributed by atoms with Gasteiger partial charge in [0.05, 0.1) is 32.1 Å². The average Bonchev–Trinajstić information content (AvgIpc) is 2.44. The molecule has 0 saturated carbocycles. The molecule has 0 radical (unpaired) electrons. The SMILES string of the molecule is C[N+](C)(C)[C@H](CC1=CNC(=S)C1)C(=O)[O-]. The van der Waals surface area contributed by atoms with Gasteiger partial charge in [0.1, 0.15) is 6.04 Å². The highest BCUT2D eigenvalue weighted by molar-refractivity contribution is 7.80. The number of hydrogen-bond donors (Lipinski definition) is 1. The van der Waals surface area contributed by atoms with Crippen molar-refractivity contribution in [3.8, 4) is 0 Å². The number of quaternary nitrogens is 1. The lowest BCUT2D eigenvalue weighted by atomic mass is 10.0. The molecule has 0 saturated heterocycles. The monoisotopic (exact) mass is 228 g/mol. The minimum atomic E-state index is -1.01. The molecule has 1 N–H and O–H groups in total. The van der Waals surface area contributed by atoms with Gasteiger partial charge in [-0.25, -0.2) is 0 Å². The molecule has 0 aromatic heterocycles. The van der Waals surface area contributed by atoms with Crippen LogP contribution in [0.15, 0.2) is 11.8 Å². The Morgan fingerprint density at radius 1 is 1.67 bits per heavy atom. The van der Waals surface area contributed by atoms with Gasteiger partial charge in [-0.3, -0.25) is 0 Å². The molecule has 15 heavy (non-hydrogen) atoms. The Labute approximate surface area is 95.2 Å². The Bertz CT molecular complexity index is 318. The summed E-state index contributed by atoms with van der Waals surface area (Å²) in [5.74, 6) is -1.01. The number of carboxylic acid groups (broad SMARTS) is 1. The third-order valence-electron chi connectivity index (χ3n) is 2.49. The molecule has 4 nitrogen and oxygen atoms in total. The molecule has 0 fully saturated rings. The number of nitrogens with one attached hydrogen (secondary N) is 1. The molecule has 1 atom stereocenters. The van der Waals surface area contributed by atoms with E-state index in [2.05, 4.69) is 5.32 Å². The van der Waals surface area contributed by atoms with E-state index in [1.807, 2.05) is 21.1 Å². The molecule has 0 amide bonds. The molecule has 1 heterocycles. The number of carboxylic acids is 1. The maximum atomic E-state index is 11.0. The predicted molar refractivity (Wildman–Crippen MR) is 59.9 cm³/mol. The zero-order valence-corrected chi connectivity index (χ0v) is 10.1. The second-order valence-corrected chi connectivity index (χ2v) is 5.19. The molecule has 0 aromatic rings. The topological polar surface area (TPSA) is 52.2 Å². The maximum Gasteiger partial charge on any atom is 0.132 e. The highest BCUT2D eigenvalue weighted by atomic mass is 32.1. The van der Waals surface area contributed by atoms with Crippen LogP contribution in [0.1, 0.15) is 12.8 Å². The molecule has 0 unspecified atom stereocenters. The fourth-order valence-corrected chi connectivity index (χ4v) is 1.79. The quantitative estimate of drug-likeness (QED) is 0.516. The number of hydrogen-bond acceptors (Lipinski definition) is 3. The van der Waals surface area contributed by atoms with Crippen LogP contribution in [0.2, 0.25) is 0 Å². The summed E-state index contributed by atoms with van der Waals surface area (Å²) in [6, 6.07) is -0.529. The van der Waals surface area contributed by atoms with E-state index in [0.29, 0.717) is 17.3 Å². The largest absolute Gasteiger partial charge is 0.544 e. The number of likely N-dealkylation sites (N-methyl/N-ethyl adjacent to an activating group) is 1. The van der Waals surface area contributed by atoms with Gasteiger partial charge in [0.25, 0.3) is 0 Å². The predicted octanol–water partition coefficient (Wildman–Crippen LogP) is -0.594. The van der Waals surface area contributed by atoms with Crippen LogP contribution in [-0.4, -0.2) is 42.6 Å². The van der Waals surface area contributed by atoms with E-state index in [1.165, 1.54) is 0 Å². The van der Waals surface area contributed by atoms with Gasteiger partial charge < -0.3 is 19.7 Å². The van der Waals surface area contributed by atoms with Crippen LogP contribution in [-0.2, 0) is 4.79 Å². The average molecular weight is 228 g/mol. The van der Waals surface area contributed by atoms with Crippen molar-refractivity contribution in [2.75, 3.05) is 21.1 Å². The highest BCUT2D eigenvalue weighted by Gasteiger charge is 2.27. The lowest BCUT2D eigenvalue weighted by Crippen LogP contribution is -2.54. The summed E-state index contributed by atoms with van der Waals surface area (Å²) in [6.45, 7) is 0. The number of carbonyl (C=O) groups excluding carboxylic acids is 1. The Balaban J connectivity index is 2.68. The molecule has 1 aliphatic heterocycles. The van der Waals surface area contributed by atoms with Crippen LogP contribution in [0.4, 0.5) is 0 Å². The van der Waals surface area contributed by atoms with Crippen LogP contribution in [0.3, 0.4) is 0 Å². The highest BCUT2D eigenvalue weighted by Crippen LogP contribution is 2.19. The van der Waals surface area contributed by atoms with Gasteiger partial charge in [-0.1, -0.05) is 12.2 Å². The van der Waals surface area contributed by atoms with Crippen molar-refractivity contribution in [2.24, 2.45) is 0 Å². The minimum Gasteiger partial charge on any atom is -0.544 e. The summed E-state index contributed by atoms with van der Waals surface area (Å²) in [4.78, 5) is 11.8.